The van der Waals surface area contributed by atoms with Crippen LogP contribution in [-0.2, 0) is 10.0 Å². The quantitative estimate of drug-likeness (QED) is 0.900. The largest absolute Gasteiger partial charge is 0.313 e. The van der Waals surface area contributed by atoms with Crippen molar-refractivity contribution in [1.82, 2.24) is 9.62 Å². The molecule has 0 amide bonds. The molecular weight excluding hydrogens is 315 g/mol. The lowest BCUT2D eigenvalue weighted by Crippen LogP contribution is -2.45. The van der Waals surface area contributed by atoms with Crippen molar-refractivity contribution < 1.29 is 12.8 Å². The smallest absolute Gasteiger partial charge is 0.246 e. The number of sulfonamides is 1. The first-order chi connectivity index (χ1) is 9.96. The maximum atomic E-state index is 14.0. The summed E-state index contributed by atoms with van der Waals surface area (Å²) in [6.45, 7) is 3.30. The van der Waals surface area contributed by atoms with Gasteiger partial charge in [0.2, 0.25) is 10.0 Å². The lowest BCUT2D eigenvalue weighted by Gasteiger charge is -2.29. The number of hydrogen-bond donors (Lipinski definition) is 1. The van der Waals surface area contributed by atoms with Crippen LogP contribution >= 0.6 is 11.6 Å². The number of nitrogens with one attached hydrogen (secondary N) is 1. The predicted octanol–water partition coefficient (Wildman–Crippen LogP) is 2.63. The normalized spacial score (nSPS) is 19.9. The number of nitrogens with zero attached hydrogens (tertiary/aromatic N) is 1. The summed E-state index contributed by atoms with van der Waals surface area (Å²) in [5, 5.41) is 3.13. The third kappa shape index (κ3) is 3.74. The van der Waals surface area contributed by atoms with Crippen LogP contribution in [0, 0.1) is 5.82 Å². The van der Waals surface area contributed by atoms with E-state index in [9.17, 15) is 12.8 Å². The van der Waals surface area contributed by atoms with Crippen molar-refractivity contribution in [2.75, 3.05) is 19.6 Å². The third-order valence-electron chi connectivity index (χ3n) is 3.72. The van der Waals surface area contributed by atoms with Crippen LogP contribution in [0.3, 0.4) is 0 Å². The van der Waals surface area contributed by atoms with Crippen molar-refractivity contribution >= 4 is 21.6 Å². The van der Waals surface area contributed by atoms with Crippen LogP contribution in [0.5, 0.6) is 0 Å². The standard InChI is InChI=1S/C14H20ClFN2O2S/c1-2-18(10-11-6-3-4-9-17-11)21(19,20)13-8-5-7-12(15)14(13)16/h5,7-8,11,17H,2-4,6,9-10H2,1H3. The van der Waals surface area contributed by atoms with Gasteiger partial charge in [0.1, 0.15) is 4.90 Å². The van der Waals surface area contributed by atoms with E-state index in [2.05, 4.69) is 5.32 Å². The average Bonchev–Trinajstić information content (AvgIpc) is 2.48. The van der Waals surface area contributed by atoms with Crippen LogP contribution in [0.15, 0.2) is 23.1 Å². The number of benzene rings is 1. The van der Waals surface area contributed by atoms with E-state index in [-0.39, 0.29) is 16.0 Å². The molecule has 7 heteroatoms. The van der Waals surface area contributed by atoms with Gasteiger partial charge in [0.15, 0.2) is 5.82 Å². The van der Waals surface area contributed by atoms with Gasteiger partial charge in [-0.25, -0.2) is 12.8 Å². The molecule has 1 atom stereocenters. The Kier molecular flexibility index (Phi) is 5.60. The molecule has 118 valence electrons. The third-order valence-corrected chi connectivity index (χ3v) is 5.97. The Morgan fingerprint density at radius 3 is 2.81 bits per heavy atom. The Balaban J connectivity index is 2.24. The number of piperidine rings is 1. The molecule has 1 fully saturated rings. The van der Waals surface area contributed by atoms with Gasteiger partial charge in [-0.15, -0.1) is 0 Å². The van der Waals surface area contributed by atoms with Gasteiger partial charge in [0.25, 0.3) is 0 Å². The van der Waals surface area contributed by atoms with E-state index in [1.807, 2.05) is 0 Å². The summed E-state index contributed by atoms with van der Waals surface area (Å²) in [6.07, 6.45) is 3.13. The van der Waals surface area contributed by atoms with Gasteiger partial charge < -0.3 is 5.32 Å². The van der Waals surface area contributed by atoms with E-state index in [0.717, 1.165) is 25.8 Å². The zero-order valence-electron chi connectivity index (χ0n) is 12.0. The zero-order chi connectivity index (χ0) is 15.5. The molecular formula is C14H20ClFN2O2S. The summed E-state index contributed by atoms with van der Waals surface area (Å²) < 4.78 is 40.5. The van der Waals surface area contributed by atoms with Gasteiger partial charge in [0.05, 0.1) is 5.02 Å². The predicted molar refractivity (Wildman–Crippen MR) is 81.5 cm³/mol. The SMILES string of the molecule is CCN(CC1CCCCN1)S(=O)(=O)c1cccc(Cl)c1F. The number of halogens is 2. The second-order valence-electron chi connectivity index (χ2n) is 5.15. The van der Waals surface area contributed by atoms with E-state index < -0.39 is 15.8 Å². The zero-order valence-corrected chi connectivity index (χ0v) is 13.6. The minimum absolute atomic E-state index is 0.121. The lowest BCUT2D eigenvalue weighted by molar-refractivity contribution is 0.318. The highest BCUT2D eigenvalue weighted by Crippen LogP contribution is 2.25. The van der Waals surface area contributed by atoms with Gasteiger partial charge in [-0.1, -0.05) is 31.0 Å². The van der Waals surface area contributed by atoms with Gasteiger partial charge in [-0.2, -0.15) is 4.31 Å². The van der Waals surface area contributed by atoms with Crippen LogP contribution in [-0.4, -0.2) is 38.4 Å². The minimum atomic E-state index is -3.87. The highest BCUT2D eigenvalue weighted by atomic mass is 35.5. The topological polar surface area (TPSA) is 49.4 Å². The second-order valence-corrected chi connectivity index (χ2v) is 7.47. The highest BCUT2D eigenvalue weighted by molar-refractivity contribution is 7.89. The number of rotatable bonds is 5. The molecule has 1 aromatic carbocycles. The Bertz CT molecular complexity index is 589. The molecule has 0 radical (unpaired) electrons. The molecule has 1 aliphatic rings. The van der Waals surface area contributed by atoms with Crippen molar-refractivity contribution in [2.45, 2.75) is 37.1 Å². The van der Waals surface area contributed by atoms with Crippen LogP contribution in [0.1, 0.15) is 26.2 Å². The van der Waals surface area contributed by atoms with Crippen molar-refractivity contribution in [2.24, 2.45) is 0 Å². The molecule has 1 aliphatic heterocycles. The molecule has 0 spiro atoms. The van der Waals surface area contributed by atoms with Gasteiger partial charge in [-0.3, -0.25) is 0 Å². The van der Waals surface area contributed by atoms with Crippen molar-refractivity contribution in [3.05, 3.63) is 29.0 Å². The first kappa shape index (κ1) is 16.7. The van der Waals surface area contributed by atoms with Crippen molar-refractivity contribution in [1.29, 1.82) is 0 Å². The fraction of sp³-hybridized carbons (Fsp3) is 0.571. The molecule has 4 nitrogen and oxygen atoms in total. The van der Waals surface area contributed by atoms with Gasteiger partial charge in [-0.05, 0) is 31.5 Å². The molecule has 0 bridgehead atoms. The maximum Gasteiger partial charge on any atom is 0.246 e. The molecule has 1 unspecified atom stereocenters. The van der Waals surface area contributed by atoms with Gasteiger partial charge in [0, 0.05) is 19.1 Å². The van der Waals surface area contributed by atoms with E-state index in [0.29, 0.717) is 13.1 Å². The van der Waals surface area contributed by atoms with Crippen LogP contribution in [0.25, 0.3) is 0 Å². The maximum absolute atomic E-state index is 14.0. The van der Waals surface area contributed by atoms with Gasteiger partial charge >= 0.3 is 0 Å². The fourth-order valence-corrected chi connectivity index (χ4v) is 4.36. The summed E-state index contributed by atoms with van der Waals surface area (Å²) in [4.78, 5) is -0.354. The Labute approximate surface area is 130 Å². The van der Waals surface area contributed by atoms with E-state index in [1.54, 1.807) is 6.92 Å². The molecule has 0 saturated carbocycles. The molecule has 1 saturated heterocycles. The van der Waals surface area contributed by atoms with Crippen LogP contribution < -0.4 is 5.32 Å². The van der Waals surface area contributed by atoms with E-state index in [1.165, 1.54) is 22.5 Å². The summed E-state index contributed by atoms with van der Waals surface area (Å²) in [7, 11) is -3.87. The summed E-state index contributed by atoms with van der Waals surface area (Å²) in [6, 6.07) is 4.17. The molecule has 0 aliphatic carbocycles. The number of likely N-dealkylation sites (N-methyl/N-ethyl adjacent to an activating group) is 1. The van der Waals surface area contributed by atoms with Crippen molar-refractivity contribution in [3.63, 3.8) is 0 Å². The number of hydrogen-bond acceptors (Lipinski definition) is 3. The van der Waals surface area contributed by atoms with Crippen molar-refractivity contribution in [3.8, 4) is 0 Å². The lowest BCUT2D eigenvalue weighted by atomic mass is 10.1. The fourth-order valence-electron chi connectivity index (χ4n) is 2.55. The summed E-state index contributed by atoms with van der Waals surface area (Å²) in [5.74, 6) is -0.880. The van der Waals surface area contributed by atoms with E-state index in [4.69, 9.17) is 11.6 Å². The average molecular weight is 335 g/mol. The first-order valence-corrected chi connectivity index (χ1v) is 8.96. The Hall–Kier alpha value is -0.690. The Morgan fingerprint density at radius 1 is 1.43 bits per heavy atom. The van der Waals surface area contributed by atoms with Crippen LogP contribution in [0.2, 0.25) is 5.02 Å². The molecule has 1 heterocycles. The molecule has 2 rings (SSSR count). The monoisotopic (exact) mass is 334 g/mol. The van der Waals surface area contributed by atoms with Crippen LogP contribution in [0.4, 0.5) is 4.39 Å². The minimum Gasteiger partial charge on any atom is -0.313 e. The second kappa shape index (κ2) is 7.05. The molecule has 1 N–H and O–H groups in total. The summed E-state index contributed by atoms with van der Waals surface area (Å²) in [5.41, 5.74) is 0. The molecule has 21 heavy (non-hydrogen) atoms. The molecule has 1 aromatic rings. The first-order valence-electron chi connectivity index (χ1n) is 7.14. The summed E-state index contributed by atoms with van der Waals surface area (Å²) >= 11 is 5.69. The highest BCUT2D eigenvalue weighted by Gasteiger charge is 2.29. The Morgan fingerprint density at radius 2 is 2.19 bits per heavy atom. The van der Waals surface area contributed by atoms with E-state index >= 15 is 0 Å². The molecule has 0 aromatic heterocycles.